The molecule has 2 aliphatic rings. The van der Waals surface area contributed by atoms with Crippen LogP contribution in [0.15, 0.2) is 48.5 Å². The minimum atomic E-state index is -5.00. The highest BCUT2D eigenvalue weighted by Crippen LogP contribution is 2.44. The molecule has 2 saturated heterocycles. The maximum atomic E-state index is 13.4. The lowest BCUT2D eigenvalue weighted by Gasteiger charge is -2.48. The fourth-order valence-corrected chi connectivity index (χ4v) is 5.46. The zero-order valence-corrected chi connectivity index (χ0v) is 22.3. The predicted octanol–water partition coefficient (Wildman–Crippen LogP) is 5.66. The van der Waals surface area contributed by atoms with Gasteiger partial charge in [0.2, 0.25) is 5.91 Å². The van der Waals surface area contributed by atoms with Gasteiger partial charge in [0.1, 0.15) is 0 Å². The number of amides is 2. The Kier molecular flexibility index (Phi) is 8.61. The lowest BCUT2D eigenvalue weighted by atomic mass is 9.75. The standard InChI is InChI=1S/C28H28F6N2O6/c1-17(18-11-20(27(29,30)31)13-21(12-18)28(32,33)34)42-16-26(19-5-3-2-4-6-19)10-9-25(15-35-26)8-7-22(37)36(25)24(40)41-14-23(38)39/h2-6,11-13,17,35H,7-10,14-16H2,1H3,(H,38,39)/t17-,25-,26-/m1/s1. The van der Waals surface area contributed by atoms with Crippen LogP contribution in [0.25, 0.3) is 0 Å². The Morgan fingerprint density at radius 1 is 1.00 bits per heavy atom. The summed E-state index contributed by atoms with van der Waals surface area (Å²) in [6.07, 6.45) is -11.4. The van der Waals surface area contributed by atoms with Crippen LogP contribution in [0.3, 0.4) is 0 Å². The first-order chi connectivity index (χ1) is 19.6. The van der Waals surface area contributed by atoms with Crippen molar-refractivity contribution in [2.24, 2.45) is 0 Å². The third-order valence-electron chi connectivity index (χ3n) is 7.79. The van der Waals surface area contributed by atoms with Crippen LogP contribution in [0.5, 0.6) is 0 Å². The van der Waals surface area contributed by atoms with Crippen molar-refractivity contribution in [3.05, 3.63) is 70.8 Å². The Morgan fingerprint density at radius 2 is 1.62 bits per heavy atom. The van der Waals surface area contributed by atoms with E-state index in [9.17, 15) is 40.7 Å². The molecule has 1 spiro atoms. The predicted molar refractivity (Wildman–Crippen MR) is 134 cm³/mol. The van der Waals surface area contributed by atoms with E-state index in [0.717, 1.165) is 10.5 Å². The molecule has 2 aliphatic heterocycles. The lowest BCUT2D eigenvalue weighted by Crippen LogP contribution is -2.64. The van der Waals surface area contributed by atoms with E-state index in [4.69, 9.17) is 14.6 Å². The second-order valence-corrected chi connectivity index (χ2v) is 10.5. The molecular weight excluding hydrogens is 574 g/mol. The average Bonchev–Trinajstić information content (AvgIpc) is 3.26. The first kappa shape index (κ1) is 31.3. The van der Waals surface area contributed by atoms with Gasteiger partial charge in [0.15, 0.2) is 6.61 Å². The van der Waals surface area contributed by atoms with Crippen molar-refractivity contribution < 1.29 is 55.3 Å². The van der Waals surface area contributed by atoms with Gasteiger partial charge in [-0.1, -0.05) is 30.3 Å². The smallest absolute Gasteiger partial charge is 0.417 e. The quantitative estimate of drug-likeness (QED) is 0.394. The number of likely N-dealkylation sites (tertiary alicyclic amines) is 1. The van der Waals surface area contributed by atoms with Gasteiger partial charge in [0, 0.05) is 13.0 Å². The van der Waals surface area contributed by atoms with Crippen molar-refractivity contribution in [2.45, 2.75) is 62.1 Å². The molecule has 0 saturated carbocycles. The zero-order valence-electron chi connectivity index (χ0n) is 22.3. The van der Waals surface area contributed by atoms with E-state index in [2.05, 4.69) is 5.32 Å². The summed E-state index contributed by atoms with van der Waals surface area (Å²) in [7, 11) is 0. The normalized spacial score (nSPS) is 23.7. The van der Waals surface area contributed by atoms with Crippen molar-refractivity contribution in [2.75, 3.05) is 19.8 Å². The van der Waals surface area contributed by atoms with Crippen molar-refractivity contribution >= 4 is 18.0 Å². The van der Waals surface area contributed by atoms with Gasteiger partial charge >= 0.3 is 24.4 Å². The Morgan fingerprint density at radius 3 is 2.14 bits per heavy atom. The molecule has 2 heterocycles. The van der Waals surface area contributed by atoms with Crippen LogP contribution < -0.4 is 5.32 Å². The van der Waals surface area contributed by atoms with Gasteiger partial charge in [-0.05, 0) is 55.5 Å². The van der Waals surface area contributed by atoms with E-state index in [1.807, 2.05) is 0 Å². The van der Waals surface area contributed by atoms with Crippen LogP contribution >= 0.6 is 0 Å². The summed E-state index contributed by atoms with van der Waals surface area (Å²) in [5.74, 6) is -1.91. The number of hydrogen-bond donors (Lipinski definition) is 2. The molecule has 8 nitrogen and oxygen atoms in total. The first-order valence-electron chi connectivity index (χ1n) is 13.0. The van der Waals surface area contributed by atoms with E-state index < -0.39 is 65.2 Å². The first-order valence-corrected chi connectivity index (χ1v) is 13.0. The van der Waals surface area contributed by atoms with Crippen molar-refractivity contribution in [3.8, 4) is 0 Å². The summed E-state index contributed by atoms with van der Waals surface area (Å²) in [5.41, 5.74) is -4.47. The van der Waals surface area contributed by atoms with Crippen molar-refractivity contribution in [1.29, 1.82) is 0 Å². The van der Waals surface area contributed by atoms with Gasteiger partial charge in [0.05, 0.1) is 34.9 Å². The number of nitrogens with zero attached hydrogens (tertiary/aromatic N) is 1. The molecule has 3 atom stereocenters. The van der Waals surface area contributed by atoms with Crippen molar-refractivity contribution in [1.82, 2.24) is 10.2 Å². The van der Waals surface area contributed by atoms with Crippen LogP contribution in [-0.4, -0.2) is 53.3 Å². The Hall–Kier alpha value is -3.65. The minimum Gasteiger partial charge on any atom is -0.479 e. The monoisotopic (exact) mass is 602 g/mol. The van der Waals surface area contributed by atoms with Crippen LogP contribution in [-0.2, 0) is 37.0 Å². The molecule has 0 radical (unpaired) electrons. The number of alkyl halides is 6. The number of carbonyl (C=O) groups is 3. The summed E-state index contributed by atoms with van der Waals surface area (Å²) in [5, 5.41) is 12.2. The van der Waals surface area contributed by atoms with Crippen LogP contribution in [0.2, 0.25) is 0 Å². The van der Waals surface area contributed by atoms with Crippen molar-refractivity contribution in [3.63, 3.8) is 0 Å². The Bertz CT molecular complexity index is 1290. The highest BCUT2D eigenvalue weighted by atomic mass is 19.4. The molecule has 4 rings (SSSR count). The van der Waals surface area contributed by atoms with Gasteiger partial charge in [-0.25, -0.2) is 14.5 Å². The Labute approximate surface area is 236 Å². The lowest BCUT2D eigenvalue weighted by molar-refractivity contribution is -0.143. The number of halogens is 6. The molecule has 0 unspecified atom stereocenters. The van der Waals surface area contributed by atoms with Gasteiger partial charge in [0.25, 0.3) is 0 Å². The number of benzene rings is 2. The summed E-state index contributed by atoms with van der Waals surface area (Å²) in [6, 6.07) is 10.1. The fraction of sp³-hybridized carbons (Fsp3) is 0.464. The Balaban J connectivity index is 1.58. The zero-order chi connectivity index (χ0) is 30.9. The number of ether oxygens (including phenoxy) is 2. The number of aliphatic carboxylic acids is 1. The number of piperidine rings is 1. The number of hydrogen-bond acceptors (Lipinski definition) is 6. The average molecular weight is 603 g/mol. The number of carbonyl (C=O) groups excluding carboxylic acids is 2. The third-order valence-corrected chi connectivity index (χ3v) is 7.79. The summed E-state index contributed by atoms with van der Waals surface area (Å²) in [6.45, 7) is 0.338. The maximum absolute atomic E-state index is 13.4. The second kappa shape index (κ2) is 11.6. The molecule has 42 heavy (non-hydrogen) atoms. The van der Waals surface area contributed by atoms with Gasteiger partial charge in [-0.3, -0.25) is 4.79 Å². The largest absolute Gasteiger partial charge is 0.479 e. The number of carboxylic acid groups (broad SMARTS) is 1. The van der Waals surface area contributed by atoms with E-state index in [0.29, 0.717) is 12.1 Å². The molecule has 2 aromatic rings. The number of nitrogens with one attached hydrogen (secondary N) is 1. The molecule has 0 aromatic heterocycles. The molecule has 14 heteroatoms. The number of carboxylic acids is 1. The topological polar surface area (TPSA) is 105 Å². The molecule has 0 bridgehead atoms. The molecule has 2 N–H and O–H groups in total. The van der Waals surface area contributed by atoms with E-state index >= 15 is 0 Å². The highest BCUT2D eigenvalue weighted by molar-refractivity contribution is 5.95. The highest BCUT2D eigenvalue weighted by Gasteiger charge is 2.54. The summed E-state index contributed by atoms with van der Waals surface area (Å²) >= 11 is 0. The molecule has 228 valence electrons. The SMILES string of the molecule is C[C@@H](OC[C@@]1(c2ccccc2)CC[C@]2(CCC(=O)N2C(=O)OCC(=O)O)CN1)c1cc(C(F)(F)F)cc(C(F)(F)F)c1. The third kappa shape index (κ3) is 6.54. The van der Waals surface area contributed by atoms with Crippen LogP contribution in [0, 0.1) is 0 Å². The van der Waals surface area contributed by atoms with Crippen LogP contribution in [0.4, 0.5) is 31.1 Å². The number of rotatable bonds is 7. The second-order valence-electron chi connectivity index (χ2n) is 10.5. The molecular formula is C28H28F6N2O6. The molecule has 2 amide bonds. The molecule has 0 aliphatic carbocycles. The van der Waals surface area contributed by atoms with Gasteiger partial charge < -0.3 is 19.9 Å². The van der Waals surface area contributed by atoms with Gasteiger partial charge in [-0.2, -0.15) is 26.3 Å². The van der Waals surface area contributed by atoms with E-state index in [1.165, 1.54) is 6.92 Å². The minimum absolute atomic E-state index is 0.0345. The maximum Gasteiger partial charge on any atom is 0.417 e. The van der Waals surface area contributed by atoms with Gasteiger partial charge in [-0.15, -0.1) is 0 Å². The number of imide groups is 1. The molecule has 2 fully saturated rings. The summed E-state index contributed by atoms with van der Waals surface area (Å²) in [4.78, 5) is 37.0. The fourth-order valence-electron chi connectivity index (χ4n) is 5.46. The van der Waals surface area contributed by atoms with E-state index in [1.54, 1.807) is 30.3 Å². The van der Waals surface area contributed by atoms with E-state index in [-0.39, 0.29) is 50.5 Å². The molecule has 2 aromatic carbocycles. The van der Waals surface area contributed by atoms with Crippen LogP contribution in [0.1, 0.15) is 61.0 Å². The summed E-state index contributed by atoms with van der Waals surface area (Å²) < 4.78 is 91.1.